The molecule has 0 aliphatic carbocycles. The first-order valence-corrected chi connectivity index (χ1v) is 6.22. The van der Waals surface area contributed by atoms with E-state index in [1.165, 1.54) is 11.1 Å². The van der Waals surface area contributed by atoms with Crippen molar-refractivity contribution < 1.29 is 0 Å². The minimum Gasteiger partial charge on any atom is -0.330 e. The van der Waals surface area contributed by atoms with Crippen LogP contribution in [0.4, 0.5) is 0 Å². The summed E-state index contributed by atoms with van der Waals surface area (Å²) in [7, 11) is 0. The molecule has 0 fully saturated rings. The number of nitrogens with zero attached hydrogens (tertiary/aromatic N) is 1. The zero-order chi connectivity index (χ0) is 12.9. The zero-order valence-electron chi connectivity index (χ0n) is 11.1. The van der Waals surface area contributed by atoms with Gasteiger partial charge in [-0.1, -0.05) is 26.8 Å². The summed E-state index contributed by atoms with van der Waals surface area (Å²) in [4.78, 5) is 0. The van der Waals surface area contributed by atoms with Crippen LogP contribution in [0.3, 0.4) is 0 Å². The van der Waals surface area contributed by atoms with Gasteiger partial charge in [-0.15, -0.1) is 0 Å². The van der Waals surface area contributed by atoms with Crippen molar-refractivity contribution in [2.75, 3.05) is 6.54 Å². The van der Waals surface area contributed by atoms with E-state index < -0.39 is 0 Å². The van der Waals surface area contributed by atoms with Crippen LogP contribution in [0.1, 0.15) is 50.3 Å². The van der Waals surface area contributed by atoms with Crippen molar-refractivity contribution in [3.63, 3.8) is 0 Å². The Labute approximate surface area is 104 Å². The third kappa shape index (κ3) is 4.20. The van der Waals surface area contributed by atoms with E-state index in [2.05, 4.69) is 32.9 Å². The number of unbranched alkanes of at least 4 members (excludes halogenated alkanes) is 1. The van der Waals surface area contributed by atoms with Gasteiger partial charge in [0, 0.05) is 0 Å². The van der Waals surface area contributed by atoms with Crippen molar-refractivity contribution in [3.8, 4) is 6.07 Å². The summed E-state index contributed by atoms with van der Waals surface area (Å²) < 4.78 is 0. The van der Waals surface area contributed by atoms with Crippen LogP contribution in [0.25, 0.3) is 0 Å². The molecular formula is C15H22N2. The number of nitriles is 1. The van der Waals surface area contributed by atoms with Crippen molar-refractivity contribution in [1.82, 2.24) is 0 Å². The second kappa shape index (κ2) is 5.84. The molecular weight excluding hydrogens is 208 g/mol. The van der Waals surface area contributed by atoms with Crippen LogP contribution in [0, 0.1) is 11.3 Å². The van der Waals surface area contributed by atoms with Crippen LogP contribution in [-0.2, 0) is 11.8 Å². The molecule has 0 bridgehead atoms. The van der Waals surface area contributed by atoms with Crippen molar-refractivity contribution in [2.24, 2.45) is 5.73 Å². The molecule has 0 aliphatic rings. The molecule has 0 unspecified atom stereocenters. The molecule has 0 saturated carbocycles. The van der Waals surface area contributed by atoms with Crippen LogP contribution < -0.4 is 5.73 Å². The van der Waals surface area contributed by atoms with E-state index in [9.17, 15) is 0 Å². The maximum atomic E-state index is 9.05. The average Bonchev–Trinajstić information content (AvgIpc) is 2.28. The molecule has 0 radical (unpaired) electrons. The van der Waals surface area contributed by atoms with Gasteiger partial charge in [-0.05, 0) is 54.5 Å². The van der Waals surface area contributed by atoms with E-state index in [4.69, 9.17) is 11.0 Å². The first-order chi connectivity index (χ1) is 7.97. The Morgan fingerprint density at radius 1 is 1.18 bits per heavy atom. The lowest BCUT2D eigenvalue weighted by Crippen LogP contribution is -2.12. The van der Waals surface area contributed by atoms with E-state index in [-0.39, 0.29) is 5.41 Å². The van der Waals surface area contributed by atoms with Crippen molar-refractivity contribution in [3.05, 3.63) is 34.9 Å². The van der Waals surface area contributed by atoms with E-state index in [0.717, 1.165) is 31.4 Å². The molecule has 0 heterocycles. The highest BCUT2D eigenvalue weighted by molar-refractivity contribution is 5.40. The number of nitrogens with two attached hydrogens (primary N) is 1. The normalized spacial score (nSPS) is 11.2. The Hall–Kier alpha value is -1.33. The minimum atomic E-state index is 0.0927. The number of aryl methyl sites for hydroxylation is 1. The van der Waals surface area contributed by atoms with Crippen LogP contribution in [0.2, 0.25) is 0 Å². The molecule has 0 spiro atoms. The van der Waals surface area contributed by atoms with Gasteiger partial charge in [0.1, 0.15) is 0 Å². The maximum Gasteiger partial charge on any atom is 0.0991 e. The number of hydrogen-bond acceptors (Lipinski definition) is 2. The third-order valence-corrected chi connectivity index (χ3v) is 2.91. The molecule has 17 heavy (non-hydrogen) atoms. The van der Waals surface area contributed by atoms with Gasteiger partial charge in [0.05, 0.1) is 11.6 Å². The number of rotatable bonds is 4. The Kier molecular flexibility index (Phi) is 4.72. The van der Waals surface area contributed by atoms with Crippen molar-refractivity contribution >= 4 is 0 Å². The topological polar surface area (TPSA) is 49.8 Å². The third-order valence-electron chi connectivity index (χ3n) is 2.91. The predicted molar refractivity (Wildman–Crippen MR) is 71.8 cm³/mol. The predicted octanol–water partition coefficient (Wildman–Crippen LogP) is 3.14. The lowest BCUT2D eigenvalue weighted by molar-refractivity contribution is 0.588. The molecule has 1 rings (SSSR count). The molecule has 0 aromatic heterocycles. The fourth-order valence-electron chi connectivity index (χ4n) is 1.81. The molecule has 1 aromatic carbocycles. The van der Waals surface area contributed by atoms with Crippen molar-refractivity contribution in [2.45, 2.75) is 45.4 Å². The maximum absolute atomic E-state index is 9.05. The monoisotopic (exact) mass is 230 g/mol. The summed E-state index contributed by atoms with van der Waals surface area (Å²) in [6.45, 7) is 7.26. The quantitative estimate of drug-likeness (QED) is 0.808. The smallest absolute Gasteiger partial charge is 0.0991 e. The van der Waals surface area contributed by atoms with Crippen LogP contribution >= 0.6 is 0 Å². The van der Waals surface area contributed by atoms with E-state index in [0.29, 0.717) is 0 Å². The zero-order valence-corrected chi connectivity index (χ0v) is 11.1. The highest BCUT2D eigenvalue weighted by Gasteiger charge is 2.15. The van der Waals surface area contributed by atoms with E-state index >= 15 is 0 Å². The second-order valence-corrected chi connectivity index (χ2v) is 5.53. The Morgan fingerprint density at radius 2 is 1.88 bits per heavy atom. The lowest BCUT2D eigenvalue weighted by atomic mass is 9.84. The summed E-state index contributed by atoms with van der Waals surface area (Å²) >= 11 is 0. The number of hydrogen-bond donors (Lipinski definition) is 1. The second-order valence-electron chi connectivity index (χ2n) is 5.53. The molecule has 92 valence electrons. The van der Waals surface area contributed by atoms with Crippen LogP contribution in [0.5, 0.6) is 0 Å². The van der Waals surface area contributed by atoms with E-state index in [1.807, 2.05) is 12.1 Å². The molecule has 0 saturated heterocycles. The minimum absolute atomic E-state index is 0.0927. The Bertz CT molecular complexity index is 408. The van der Waals surface area contributed by atoms with Gasteiger partial charge in [-0.2, -0.15) is 5.26 Å². The molecule has 0 aliphatic heterocycles. The fraction of sp³-hybridized carbons (Fsp3) is 0.533. The van der Waals surface area contributed by atoms with Gasteiger partial charge in [0.15, 0.2) is 0 Å². The average molecular weight is 230 g/mol. The first kappa shape index (κ1) is 13.7. The Morgan fingerprint density at radius 3 is 2.41 bits per heavy atom. The van der Waals surface area contributed by atoms with Gasteiger partial charge in [0.25, 0.3) is 0 Å². The fourth-order valence-corrected chi connectivity index (χ4v) is 1.81. The molecule has 0 atom stereocenters. The van der Waals surface area contributed by atoms with Gasteiger partial charge in [-0.25, -0.2) is 0 Å². The number of benzene rings is 1. The van der Waals surface area contributed by atoms with Crippen molar-refractivity contribution in [1.29, 1.82) is 5.26 Å². The van der Waals surface area contributed by atoms with Crippen LogP contribution in [-0.4, -0.2) is 6.54 Å². The Balaban J connectivity index is 2.95. The highest BCUT2D eigenvalue weighted by Crippen LogP contribution is 2.25. The molecule has 0 amide bonds. The summed E-state index contributed by atoms with van der Waals surface area (Å²) in [5, 5.41) is 9.05. The molecule has 2 nitrogen and oxygen atoms in total. The lowest BCUT2D eigenvalue weighted by Gasteiger charge is -2.20. The molecule has 2 heteroatoms. The van der Waals surface area contributed by atoms with Crippen LogP contribution in [0.15, 0.2) is 18.2 Å². The molecule has 1 aromatic rings. The highest BCUT2D eigenvalue weighted by atomic mass is 14.5. The van der Waals surface area contributed by atoms with Gasteiger partial charge < -0.3 is 5.73 Å². The summed E-state index contributed by atoms with van der Waals surface area (Å²) in [5.74, 6) is 0. The van der Waals surface area contributed by atoms with E-state index in [1.54, 1.807) is 0 Å². The van der Waals surface area contributed by atoms with Gasteiger partial charge >= 0.3 is 0 Å². The van der Waals surface area contributed by atoms with Gasteiger partial charge in [0.2, 0.25) is 0 Å². The molecule has 2 N–H and O–H groups in total. The summed E-state index contributed by atoms with van der Waals surface area (Å²) in [5.41, 5.74) is 8.84. The summed E-state index contributed by atoms with van der Waals surface area (Å²) in [6.07, 6.45) is 3.15. The SMILES string of the molecule is CC(C)(C)c1cc(C#N)cc(CCCCN)c1. The standard InChI is InChI=1S/C15H22N2/c1-15(2,3)14-9-12(6-4-5-7-16)8-13(10-14)11-17/h8-10H,4-7,16H2,1-3H3. The first-order valence-electron chi connectivity index (χ1n) is 6.22. The largest absolute Gasteiger partial charge is 0.330 e. The summed E-state index contributed by atoms with van der Waals surface area (Å²) in [6, 6.07) is 8.45. The van der Waals surface area contributed by atoms with Gasteiger partial charge in [-0.3, -0.25) is 0 Å².